The van der Waals surface area contributed by atoms with E-state index < -0.39 is 10.0 Å². The maximum Gasteiger partial charge on any atom is 0.261 e. The predicted octanol–water partition coefficient (Wildman–Crippen LogP) is 4.17. The van der Waals surface area contributed by atoms with Crippen LogP contribution in [0.2, 0.25) is 0 Å². The summed E-state index contributed by atoms with van der Waals surface area (Å²) < 4.78 is 33.0. The summed E-state index contributed by atoms with van der Waals surface area (Å²) >= 11 is 1.56. The van der Waals surface area contributed by atoms with Crippen molar-refractivity contribution in [3.8, 4) is 11.3 Å². The number of hydrogen-bond donors (Lipinski definition) is 1. The fraction of sp³-hybridized carbons (Fsp3) is 0.118. The maximum absolute atomic E-state index is 12.5. The molecule has 0 radical (unpaired) electrons. The van der Waals surface area contributed by atoms with Crippen LogP contribution in [0.15, 0.2) is 68.9 Å². The standard InChI is InChI=1S/C17H16N2O3S2/c1-12-18-11-17(22-12)13-6-8-16(9-7-13)24(20,21)19-14-4-3-5-15(10-14)23-2/h3-11,19H,1-2H3. The average Bonchev–Trinajstić information content (AvgIpc) is 3.01. The molecule has 0 atom stereocenters. The smallest absolute Gasteiger partial charge is 0.261 e. The van der Waals surface area contributed by atoms with E-state index >= 15 is 0 Å². The summed E-state index contributed by atoms with van der Waals surface area (Å²) in [5.74, 6) is 1.18. The van der Waals surface area contributed by atoms with E-state index in [4.69, 9.17) is 4.42 Å². The number of benzene rings is 2. The van der Waals surface area contributed by atoms with E-state index in [0.29, 0.717) is 17.3 Å². The first-order valence-corrected chi connectivity index (χ1v) is 9.88. The lowest BCUT2D eigenvalue weighted by Gasteiger charge is -2.09. The van der Waals surface area contributed by atoms with Crippen molar-refractivity contribution in [2.75, 3.05) is 11.0 Å². The molecule has 2 aromatic carbocycles. The zero-order chi connectivity index (χ0) is 17.2. The molecular formula is C17H16N2O3S2. The van der Waals surface area contributed by atoms with Crippen LogP contribution in [-0.4, -0.2) is 19.7 Å². The van der Waals surface area contributed by atoms with Gasteiger partial charge in [0.05, 0.1) is 11.1 Å². The molecule has 0 unspecified atom stereocenters. The molecule has 1 N–H and O–H groups in total. The first-order chi connectivity index (χ1) is 11.5. The number of aryl methyl sites for hydroxylation is 1. The lowest BCUT2D eigenvalue weighted by Crippen LogP contribution is -2.12. The largest absolute Gasteiger partial charge is 0.441 e. The van der Waals surface area contributed by atoms with E-state index in [2.05, 4.69) is 9.71 Å². The normalized spacial score (nSPS) is 11.4. The Morgan fingerprint density at radius 3 is 2.50 bits per heavy atom. The number of aromatic nitrogens is 1. The van der Waals surface area contributed by atoms with Crippen molar-refractivity contribution in [3.63, 3.8) is 0 Å². The van der Waals surface area contributed by atoms with Crippen LogP contribution in [0.1, 0.15) is 5.89 Å². The number of nitrogens with zero attached hydrogens (tertiary/aromatic N) is 1. The molecule has 124 valence electrons. The second kappa shape index (κ2) is 6.70. The molecule has 0 bridgehead atoms. The van der Waals surface area contributed by atoms with Gasteiger partial charge in [0.2, 0.25) is 0 Å². The fourth-order valence-electron chi connectivity index (χ4n) is 2.19. The molecule has 3 aromatic rings. The highest BCUT2D eigenvalue weighted by molar-refractivity contribution is 7.98. The third-order valence-electron chi connectivity index (χ3n) is 3.39. The van der Waals surface area contributed by atoms with Crippen LogP contribution in [0.5, 0.6) is 0 Å². The predicted molar refractivity (Wildman–Crippen MR) is 95.7 cm³/mol. The van der Waals surface area contributed by atoms with Crippen molar-refractivity contribution >= 4 is 27.5 Å². The zero-order valence-electron chi connectivity index (χ0n) is 13.2. The second-order valence-corrected chi connectivity index (χ2v) is 7.67. The Morgan fingerprint density at radius 1 is 1.12 bits per heavy atom. The van der Waals surface area contributed by atoms with Gasteiger partial charge in [0, 0.05) is 23.1 Å². The lowest BCUT2D eigenvalue weighted by atomic mass is 10.2. The van der Waals surface area contributed by atoms with Gasteiger partial charge in [-0.25, -0.2) is 13.4 Å². The minimum atomic E-state index is -3.64. The van der Waals surface area contributed by atoms with E-state index in [1.165, 1.54) is 0 Å². The van der Waals surface area contributed by atoms with Crippen molar-refractivity contribution in [2.45, 2.75) is 16.7 Å². The van der Waals surface area contributed by atoms with Gasteiger partial charge < -0.3 is 4.42 Å². The molecule has 1 heterocycles. The number of thioether (sulfide) groups is 1. The Bertz CT molecular complexity index is 948. The molecule has 0 aliphatic heterocycles. The molecule has 0 fully saturated rings. The number of hydrogen-bond acceptors (Lipinski definition) is 5. The Balaban J connectivity index is 1.84. The monoisotopic (exact) mass is 360 g/mol. The number of rotatable bonds is 5. The van der Waals surface area contributed by atoms with Crippen molar-refractivity contribution in [1.29, 1.82) is 0 Å². The van der Waals surface area contributed by atoms with Gasteiger partial charge in [-0.3, -0.25) is 4.72 Å². The van der Waals surface area contributed by atoms with Crippen LogP contribution >= 0.6 is 11.8 Å². The van der Waals surface area contributed by atoms with Gasteiger partial charge in [0.15, 0.2) is 11.7 Å². The van der Waals surface area contributed by atoms with E-state index in [0.717, 1.165) is 10.5 Å². The molecule has 3 rings (SSSR count). The van der Waals surface area contributed by atoms with Crippen LogP contribution in [0, 0.1) is 6.92 Å². The highest BCUT2D eigenvalue weighted by Crippen LogP contribution is 2.24. The molecule has 24 heavy (non-hydrogen) atoms. The molecule has 5 nitrogen and oxygen atoms in total. The van der Waals surface area contributed by atoms with Crippen LogP contribution in [0.3, 0.4) is 0 Å². The number of oxazole rings is 1. The van der Waals surface area contributed by atoms with Gasteiger partial charge in [-0.2, -0.15) is 0 Å². The van der Waals surface area contributed by atoms with Gasteiger partial charge >= 0.3 is 0 Å². The van der Waals surface area contributed by atoms with Gasteiger partial charge in [-0.05, 0) is 48.7 Å². The minimum Gasteiger partial charge on any atom is -0.441 e. The quantitative estimate of drug-likeness (QED) is 0.691. The summed E-state index contributed by atoms with van der Waals surface area (Å²) in [5.41, 5.74) is 1.32. The summed E-state index contributed by atoms with van der Waals surface area (Å²) in [5, 5.41) is 0. The third kappa shape index (κ3) is 3.63. The minimum absolute atomic E-state index is 0.192. The highest BCUT2D eigenvalue weighted by atomic mass is 32.2. The first-order valence-electron chi connectivity index (χ1n) is 7.18. The molecule has 0 saturated heterocycles. The molecule has 7 heteroatoms. The van der Waals surface area contributed by atoms with Crippen LogP contribution < -0.4 is 4.72 Å². The van der Waals surface area contributed by atoms with E-state index in [-0.39, 0.29) is 4.90 Å². The fourth-order valence-corrected chi connectivity index (χ4v) is 3.70. The molecule has 1 aromatic heterocycles. The topological polar surface area (TPSA) is 72.2 Å². The van der Waals surface area contributed by atoms with Gasteiger partial charge in [0.25, 0.3) is 10.0 Å². The van der Waals surface area contributed by atoms with Gasteiger partial charge in [0.1, 0.15) is 0 Å². The van der Waals surface area contributed by atoms with Gasteiger partial charge in [-0.1, -0.05) is 6.07 Å². The number of anilines is 1. The molecule has 0 saturated carbocycles. The number of sulfonamides is 1. The summed E-state index contributed by atoms with van der Waals surface area (Å²) in [6, 6.07) is 13.8. The Labute approximate surface area is 145 Å². The lowest BCUT2D eigenvalue weighted by molar-refractivity contribution is 0.534. The molecule has 0 spiro atoms. The zero-order valence-corrected chi connectivity index (χ0v) is 14.8. The van der Waals surface area contributed by atoms with E-state index in [9.17, 15) is 8.42 Å². The summed E-state index contributed by atoms with van der Waals surface area (Å²) in [7, 11) is -3.64. The second-order valence-electron chi connectivity index (χ2n) is 5.11. The SMILES string of the molecule is CSc1cccc(NS(=O)(=O)c2ccc(-c3cnc(C)o3)cc2)c1. The summed E-state index contributed by atoms with van der Waals surface area (Å²) in [6.07, 6.45) is 3.56. The van der Waals surface area contributed by atoms with Crippen LogP contribution in [-0.2, 0) is 10.0 Å². The summed E-state index contributed by atoms with van der Waals surface area (Å²) in [4.78, 5) is 5.22. The summed E-state index contributed by atoms with van der Waals surface area (Å²) in [6.45, 7) is 1.76. The first kappa shape index (κ1) is 16.6. The van der Waals surface area contributed by atoms with Gasteiger partial charge in [-0.15, -0.1) is 11.8 Å². The number of nitrogens with one attached hydrogen (secondary N) is 1. The van der Waals surface area contributed by atoms with Crippen LogP contribution in [0.4, 0.5) is 5.69 Å². The van der Waals surface area contributed by atoms with Crippen molar-refractivity contribution < 1.29 is 12.8 Å². The van der Waals surface area contributed by atoms with Crippen molar-refractivity contribution in [2.24, 2.45) is 0 Å². The molecule has 0 amide bonds. The maximum atomic E-state index is 12.5. The Morgan fingerprint density at radius 2 is 1.88 bits per heavy atom. The van der Waals surface area contributed by atoms with E-state index in [1.54, 1.807) is 61.3 Å². The molecule has 0 aliphatic rings. The molecular weight excluding hydrogens is 344 g/mol. The Kier molecular flexibility index (Phi) is 4.64. The van der Waals surface area contributed by atoms with E-state index in [1.807, 2.05) is 18.4 Å². The van der Waals surface area contributed by atoms with Crippen molar-refractivity contribution in [1.82, 2.24) is 4.98 Å². The third-order valence-corrected chi connectivity index (χ3v) is 5.51. The van der Waals surface area contributed by atoms with Crippen molar-refractivity contribution in [3.05, 3.63) is 60.6 Å². The average molecular weight is 360 g/mol. The highest BCUT2D eigenvalue weighted by Gasteiger charge is 2.15. The molecule has 0 aliphatic carbocycles. The van der Waals surface area contributed by atoms with Crippen LogP contribution in [0.25, 0.3) is 11.3 Å². The Hall–Kier alpha value is -2.25.